The molecule has 0 aliphatic carbocycles. The van der Waals surface area contributed by atoms with Crippen LogP contribution in [0.3, 0.4) is 0 Å². The molecule has 1 amide bonds. The molecule has 0 unspecified atom stereocenters. The molecule has 2 rings (SSSR count). The lowest BCUT2D eigenvalue weighted by atomic mass is 10.0. The Morgan fingerprint density at radius 1 is 1.12 bits per heavy atom. The minimum atomic E-state index is -1.08. The lowest BCUT2D eigenvalue weighted by Crippen LogP contribution is -2.30. The zero-order chi connectivity index (χ0) is 18.6. The van der Waals surface area contributed by atoms with Gasteiger partial charge in [-0.15, -0.1) is 0 Å². The fourth-order valence-electron chi connectivity index (χ4n) is 2.28. The van der Waals surface area contributed by atoms with Gasteiger partial charge in [0.1, 0.15) is 5.82 Å². The van der Waals surface area contributed by atoms with Crippen LogP contribution in [-0.4, -0.2) is 18.0 Å². The van der Waals surface area contributed by atoms with Gasteiger partial charge in [0.15, 0.2) is 6.10 Å². The van der Waals surface area contributed by atoms with Crippen LogP contribution in [0.4, 0.5) is 10.1 Å². The van der Waals surface area contributed by atoms with E-state index in [2.05, 4.69) is 5.32 Å². The number of hydrogen-bond acceptors (Lipinski definition) is 3. The van der Waals surface area contributed by atoms with Crippen molar-refractivity contribution in [1.29, 1.82) is 0 Å². The Morgan fingerprint density at radius 3 is 2.44 bits per heavy atom. The number of ether oxygens (including phenoxy) is 1. The van der Waals surface area contributed by atoms with E-state index < -0.39 is 23.8 Å². The molecule has 6 heteroatoms. The summed E-state index contributed by atoms with van der Waals surface area (Å²) in [7, 11) is 0. The number of nitrogens with one attached hydrogen (secondary N) is 1. The Hall–Kier alpha value is -2.40. The quantitative estimate of drug-likeness (QED) is 0.777. The Balaban J connectivity index is 2.07. The SMILES string of the molecule is CC(C)c1ccccc1NC(=O)[C@@H](C)OC(=O)c1ccc(Cl)cc1F. The molecule has 4 nitrogen and oxygen atoms in total. The van der Waals surface area contributed by atoms with Crippen molar-refractivity contribution >= 4 is 29.2 Å². The van der Waals surface area contributed by atoms with Crippen LogP contribution in [0.1, 0.15) is 42.6 Å². The van der Waals surface area contributed by atoms with Crippen LogP contribution >= 0.6 is 11.6 Å². The molecule has 0 heterocycles. The normalized spacial score (nSPS) is 11.9. The van der Waals surface area contributed by atoms with Gasteiger partial charge in [0, 0.05) is 10.7 Å². The van der Waals surface area contributed by atoms with Gasteiger partial charge in [-0.3, -0.25) is 4.79 Å². The van der Waals surface area contributed by atoms with Gasteiger partial charge < -0.3 is 10.1 Å². The topological polar surface area (TPSA) is 55.4 Å². The van der Waals surface area contributed by atoms with Gasteiger partial charge in [0.25, 0.3) is 5.91 Å². The number of esters is 1. The number of halogens is 2. The first kappa shape index (κ1) is 18.9. The number of para-hydroxylation sites is 1. The largest absolute Gasteiger partial charge is 0.449 e. The van der Waals surface area contributed by atoms with Crippen LogP contribution in [0.5, 0.6) is 0 Å². The van der Waals surface area contributed by atoms with Gasteiger partial charge in [-0.2, -0.15) is 0 Å². The molecule has 2 aromatic rings. The summed E-state index contributed by atoms with van der Waals surface area (Å²) in [5.74, 6) is -1.99. The molecule has 0 fully saturated rings. The molecule has 0 spiro atoms. The lowest BCUT2D eigenvalue weighted by Gasteiger charge is -2.17. The first-order valence-electron chi connectivity index (χ1n) is 7.85. The van der Waals surface area contributed by atoms with Crippen molar-refractivity contribution in [3.05, 3.63) is 64.4 Å². The summed E-state index contributed by atoms with van der Waals surface area (Å²) in [5.41, 5.74) is 1.35. The maximum atomic E-state index is 13.8. The van der Waals surface area contributed by atoms with E-state index in [-0.39, 0.29) is 16.5 Å². The second-order valence-corrected chi connectivity index (χ2v) is 6.34. The molecule has 0 radical (unpaired) electrons. The van der Waals surface area contributed by atoms with Gasteiger partial charge in [0.05, 0.1) is 5.56 Å². The van der Waals surface area contributed by atoms with Crippen LogP contribution in [0.25, 0.3) is 0 Å². The number of carbonyl (C=O) groups excluding carboxylic acids is 2. The Labute approximate surface area is 150 Å². The molecule has 0 saturated carbocycles. The molecule has 0 bridgehead atoms. The van der Waals surface area contributed by atoms with Crippen molar-refractivity contribution in [2.75, 3.05) is 5.32 Å². The highest BCUT2D eigenvalue weighted by Crippen LogP contribution is 2.24. The van der Waals surface area contributed by atoms with Crippen LogP contribution in [0.15, 0.2) is 42.5 Å². The Kier molecular flexibility index (Phi) is 6.15. The minimum absolute atomic E-state index is 0.171. The number of rotatable bonds is 5. The summed E-state index contributed by atoms with van der Waals surface area (Å²) in [5, 5.41) is 2.91. The number of benzene rings is 2. The molecule has 1 atom stereocenters. The molecule has 0 aromatic heterocycles. The van der Waals surface area contributed by atoms with E-state index in [9.17, 15) is 14.0 Å². The molecule has 0 aliphatic heterocycles. The number of hydrogen-bond donors (Lipinski definition) is 1. The van der Waals surface area contributed by atoms with Crippen molar-refractivity contribution in [3.8, 4) is 0 Å². The van der Waals surface area contributed by atoms with E-state index in [4.69, 9.17) is 16.3 Å². The molecule has 2 aromatic carbocycles. The molecule has 25 heavy (non-hydrogen) atoms. The highest BCUT2D eigenvalue weighted by molar-refractivity contribution is 6.30. The second-order valence-electron chi connectivity index (χ2n) is 5.90. The first-order valence-corrected chi connectivity index (χ1v) is 8.23. The summed E-state index contributed by atoms with van der Waals surface area (Å²) >= 11 is 5.65. The third kappa shape index (κ3) is 4.79. The molecular weight excluding hydrogens is 345 g/mol. The fourth-order valence-corrected chi connectivity index (χ4v) is 2.44. The summed E-state index contributed by atoms with van der Waals surface area (Å²) < 4.78 is 18.8. The van der Waals surface area contributed by atoms with Gasteiger partial charge in [-0.25, -0.2) is 9.18 Å². The number of anilines is 1. The molecule has 0 aliphatic rings. The number of amides is 1. The monoisotopic (exact) mass is 363 g/mol. The van der Waals surface area contributed by atoms with Crippen molar-refractivity contribution in [3.63, 3.8) is 0 Å². The van der Waals surface area contributed by atoms with E-state index in [0.29, 0.717) is 5.69 Å². The van der Waals surface area contributed by atoms with Crippen molar-refractivity contribution in [1.82, 2.24) is 0 Å². The van der Waals surface area contributed by atoms with Gasteiger partial charge in [-0.05, 0) is 42.7 Å². The highest BCUT2D eigenvalue weighted by Gasteiger charge is 2.22. The average molecular weight is 364 g/mol. The van der Waals surface area contributed by atoms with Crippen LogP contribution in [0, 0.1) is 5.82 Å². The Morgan fingerprint density at radius 2 is 1.80 bits per heavy atom. The first-order chi connectivity index (χ1) is 11.8. The van der Waals surface area contributed by atoms with Crippen LogP contribution in [0.2, 0.25) is 5.02 Å². The predicted octanol–water partition coefficient (Wildman–Crippen LogP) is 4.79. The lowest BCUT2D eigenvalue weighted by molar-refractivity contribution is -0.123. The van der Waals surface area contributed by atoms with Crippen molar-refractivity contribution in [2.45, 2.75) is 32.8 Å². The van der Waals surface area contributed by atoms with Gasteiger partial charge in [0.2, 0.25) is 0 Å². The maximum Gasteiger partial charge on any atom is 0.341 e. The average Bonchev–Trinajstić information content (AvgIpc) is 2.54. The standard InChI is InChI=1S/C19H19ClFNO3/c1-11(2)14-6-4-5-7-17(14)22-18(23)12(3)25-19(24)15-9-8-13(20)10-16(15)21/h4-12H,1-3H3,(H,22,23)/t12-/m1/s1. The van der Waals surface area contributed by atoms with Crippen LogP contribution < -0.4 is 5.32 Å². The highest BCUT2D eigenvalue weighted by atomic mass is 35.5. The fraction of sp³-hybridized carbons (Fsp3) is 0.263. The molecule has 132 valence electrons. The third-order valence-electron chi connectivity index (χ3n) is 3.64. The third-order valence-corrected chi connectivity index (χ3v) is 3.88. The van der Waals surface area contributed by atoms with E-state index in [1.807, 2.05) is 26.0 Å². The van der Waals surface area contributed by atoms with E-state index >= 15 is 0 Å². The zero-order valence-corrected chi connectivity index (χ0v) is 14.9. The molecule has 1 N–H and O–H groups in total. The van der Waals surface area contributed by atoms with Crippen molar-refractivity contribution < 1.29 is 18.7 Å². The van der Waals surface area contributed by atoms with Crippen LogP contribution in [-0.2, 0) is 9.53 Å². The molecule has 0 saturated heterocycles. The van der Waals surface area contributed by atoms with Crippen molar-refractivity contribution in [2.24, 2.45) is 0 Å². The maximum absolute atomic E-state index is 13.8. The second kappa shape index (κ2) is 8.12. The van der Waals surface area contributed by atoms with E-state index in [0.717, 1.165) is 11.6 Å². The summed E-state index contributed by atoms with van der Waals surface area (Å²) in [6.07, 6.45) is -1.08. The summed E-state index contributed by atoms with van der Waals surface area (Å²) in [6.45, 7) is 5.45. The predicted molar refractivity (Wildman–Crippen MR) is 95.4 cm³/mol. The van der Waals surface area contributed by atoms with E-state index in [1.54, 1.807) is 12.1 Å². The summed E-state index contributed by atoms with van der Waals surface area (Å²) in [4.78, 5) is 24.3. The Bertz CT molecular complexity index is 792. The smallest absolute Gasteiger partial charge is 0.341 e. The summed E-state index contributed by atoms with van der Waals surface area (Å²) in [6, 6.07) is 11.0. The number of carbonyl (C=O) groups is 2. The van der Waals surface area contributed by atoms with Gasteiger partial charge >= 0.3 is 5.97 Å². The minimum Gasteiger partial charge on any atom is -0.449 e. The molecular formula is C19H19ClFNO3. The van der Waals surface area contributed by atoms with E-state index in [1.165, 1.54) is 19.1 Å². The van der Waals surface area contributed by atoms with Gasteiger partial charge in [-0.1, -0.05) is 43.6 Å². The zero-order valence-electron chi connectivity index (χ0n) is 14.2.